The van der Waals surface area contributed by atoms with E-state index in [4.69, 9.17) is 11.6 Å². The lowest BCUT2D eigenvalue weighted by Gasteiger charge is -2.33. The fraction of sp³-hybridized carbons (Fsp3) is 0.238. The number of rotatable bonds is 4. The number of hydrogen-bond acceptors (Lipinski definition) is 4. The summed E-state index contributed by atoms with van der Waals surface area (Å²) < 4.78 is 28.9. The van der Waals surface area contributed by atoms with Crippen LogP contribution in [0.3, 0.4) is 0 Å². The maximum absolute atomic E-state index is 13.1. The molecule has 0 bridgehead atoms. The van der Waals surface area contributed by atoms with Crippen LogP contribution in [0.1, 0.15) is 18.5 Å². The highest BCUT2D eigenvalue weighted by Gasteiger charge is 2.34. The molecule has 0 radical (unpaired) electrons. The third-order valence-corrected chi connectivity index (χ3v) is 6.81. The first-order valence-electron chi connectivity index (χ1n) is 9.31. The van der Waals surface area contributed by atoms with E-state index in [1.54, 1.807) is 35.2 Å². The van der Waals surface area contributed by atoms with E-state index in [0.717, 1.165) is 11.1 Å². The molecule has 0 spiro atoms. The number of benzene rings is 2. The molecule has 0 saturated carbocycles. The van der Waals surface area contributed by atoms with Crippen molar-refractivity contribution in [2.75, 3.05) is 11.4 Å². The zero-order chi connectivity index (χ0) is 20.6. The molecule has 1 unspecified atom stereocenters. The molecule has 29 heavy (non-hydrogen) atoms. The van der Waals surface area contributed by atoms with Crippen LogP contribution < -0.4 is 9.62 Å². The van der Waals surface area contributed by atoms with Gasteiger partial charge in [0.05, 0.1) is 16.2 Å². The Kier molecular flexibility index (Phi) is 5.29. The zero-order valence-corrected chi connectivity index (χ0v) is 17.4. The Morgan fingerprint density at radius 2 is 1.90 bits per heavy atom. The number of sulfonamides is 1. The van der Waals surface area contributed by atoms with Gasteiger partial charge >= 0.3 is 0 Å². The third kappa shape index (κ3) is 3.85. The van der Waals surface area contributed by atoms with Crippen molar-refractivity contribution in [2.24, 2.45) is 0 Å². The second kappa shape index (κ2) is 7.74. The minimum absolute atomic E-state index is 0.0707. The van der Waals surface area contributed by atoms with Gasteiger partial charge in [0.25, 0.3) is 0 Å². The highest BCUT2D eigenvalue weighted by Crippen LogP contribution is 2.29. The molecule has 1 atom stereocenters. The predicted octanol–water partition coefficient (Wildman–Crippen LogP) is 3.67. The van der Waals surface area contributed by atoms with Crippen LogP contribution in [-0.4, -0.2) is 31.9 Å². The largest absolute Gasteiger partial charge is 0.310 e. The van der Waals surface area contributed by atoms with Crippen molar-refractivity contribution >= 4 is 44.1 Å². The summed E-state index contributed by atoms with van der Waals surface area (Å²) in [4.78, 5) is 19.0. The average Bonchev–Trinajstić information content (AvgIpc) is 2.69. The monoisotopic (exact) mass is 429 g/mol. The van der Waals surface area contributed by atoms with Crippen molar-refractivity contribution in [3.8, 4) is 0 Å². The van der Waals surface area contributed by atoms with E-state index < -0.39 is 16.1 Å². The molecule has 1 aliphatic rings. The topological polar surface area (TPSA) is 79.4 Å². The van der Waals surface area contributed by atoms with Gasteiger partial charge in [0.1, 0.15) is 10.9 Å². The van der Waals surface area contributed by atoms with Crippen LogP contribution in [-0.2, 0) is 14.8 Å². The zero-order valence-electron chi connectivity index (χ0n) is 15.8. The van der Waals surface area contributed by atoms with Gasteiger partial charge in [-0.25, -0.2) is 8.42 Å². The second-order valence-corrected chi connectivity index (χ2v) is 9.13. The Morgan fingerprint density at radius 3 is 2.69 bits per heavy atom. The molecule has 1 fully saturated rings. The first kappa shape index (κ1) is 19.8. The normalized spacial score (nSPS) is 17.7. The molecule has 2 heterocycles. The first-order valence-corrected chi connectivity index (χ1v) is 11.2. The van der Waals surface area contributed by atoms with Gasteiger partial charge < -0.3 is 4.90 Å². The number of amides is 1. The van der Waals surface area contributed by atoms with E-state index in [0.29, 0.717) is 35.6 Å². The Morgan fingerprint density at radius 1 is 1.10 bits per heavy atom. The summed E-state index contributed by atoms with van der Waals surface area (Å²) >= 11 is 6.24. The molecular formula is C21H20ClN3O3S. The number of halogens is 1. The van der Waals surface area contributed by atoms with Gasteiger partial charge in [0.15, 0.2) is 0 Å². The number of nitrogens with one attached hydrogen (secondary N) is 1. The summed E-state index contributed by atoms with van der Waals surface area (Å²) in [6.45, 7) is 2.30. The van der Waals surface area contributed by atoms with Crippen molar-refractivity contribution in [2.45, 2.75) is 30.7 Å². The number of piperidine rings is 1. The molecule has 0 aliphatic carbocycles. The molecule has 1 aromatic heterocycles. The molecule has 8 heteroatoms. The summed E-state index contributed by atoms with van der Waals surface area (Å²) in [5.74, 6) is -0.308. The quantitative estimate of drug-likeness (QED) is 0.686. The van der Waals surface area contributed by atoms with Gasteiger partial charge in [-0.2, -0.15) is 4.72 Å². The number of carbonyl (C=O) groups is 1. The van der Waals surface area contributed by atoms with Crippen molar-refractivity contribution < 1.29 is 13.2 Å². The standard InChI is InChI=1S/C21H20ClN3O3S/c1-14-11-12-15-6-4-10-19(20(15)23-14)29(27,28)24-17-8-5-13-25(21(17)26)18-9-3-2-7-16(18)22/h2-4,6-7,9-12,17,24H,5,8,13H2,1H3. The molecule has 1 amide bonds. The number of pyridine rings is 1. The van der Waals surface area contributed by atoms with Crippen LogP contribution in [0, 0.1) is 6.92 Å². The van der Waals surface area contributed by atoms with E-state index in [1.165, 1.54) is 6.07 Å². The predicted molar refractivity (Wildman–Crippen MR) is 114 cm³/mol. The number of anilines is 1. The number of hydrogen-bond donors (Lipinski definition) is 1. The van der Waals surface area contributed by atoms with Crippen molar-refractivity contribution in [3.05, 3.63) is 65.3 Å². The summed E-state index contributed by atoms with van der Waals surface area (Å²) in [5, 5.41) is 1.18. The molecule has 6 nitrogen and oxygen atoms in total. The van der Waals surface area contributed by atoms with E-state index in [9.17, 15) is 13.2 Å². The minimum atomic E-state index is -3.94. The number of fused-ring (bicyclic) bond motifs is 1. The fourth-order valence-electron chi connectivity index (χ4n) is 3.58. The van der Waals surface area contributed by atoms with Crippen LogP contribution in [0.25, 0.3) is 10.9 Å². The van der Waals surface area contributed by atoms with Crippen molar-refractivity contribution in [1.82, 2.24) is 9.71 Å². The maximum atomic E-state index is 13.1. The van der Waals surface area contributed by atoms with Crippen LogP contribution >= 0.6 is 11.6 Å². The lowest BCUT2D eigenvalue weighted by molar-refractivity contribution is -0.121. The maximum Gasteiger partial charge on any atom is 0.245 e. The summed E-state index contributed by atoms with van der Waals surface area (Å²) in [6.07, 6.45) is 1.09. The molecule has 1 aliphatic heterocycles. The van der Waals surface area contributed by atoms with Crippen LogP contribution in [0.5, 0.6) is 0 Å². The van der Waals surface area contributed by atoms with Crippen molar-refractivity contribution in [1.29, 1.82) is 0 Å². The molecule has 2 aromatic carbocycles. The lowest BCUT2D eigenvalue weighted by Crippen LogP contribution is -2.52. The van der Waals surface area contributed by atoms with Gasteiger partial charge in [-0.05, 0) is 44.0 Å². The van der Waals surface area contributed by atoms with Gasteiger partial charge in [-0.1, -0.05) is 41.9 Å². The summed E-state index contributed by atoms with van der Waals surface area (Å²) in [5.41, 5.74) is 1.70. The highest BCUT2D eigenvalue weighted by molar-refractivity contribution is 7.89. The van der Waals surface area contributed by atoms with Gasteiger partial charge in [-0.15, -0.1) is 0 Å². The second-order valence-electron chi connectivity index (χ2n) is 7.04. The van der Waals surface area contributed by atoms with Crippen LogP contribution in [0.2, 0.25) is 5.02 Å². The van der Waals surface area contributed by atoms with Crippen LogP contribution in [0.4, 0.5) is 5.69 Å². The molecular weight excluding hydrogens is 410 g/mol. The SMILES string of the molecule is Cc1ccc2cccc(S(=O)(=O)NC3CCCN(c4ccccc4Cl)C3=O)c2n1. The Hall–Kier alpha value is -2.48. The van der Waals surface area contributed by atoms with E-state index in [1.807, 2.05) is 25.1 Å². The number of para-hydroxylation sites is 2. The molecule has 3 aromatic rings. The fourth-order valence-corrected chi connectivity index (χ4v) is 5.21. The molecule has 1 saturated heterocycles. The van der Waals surface area contributed by atoms with Gasteiger partial charge in [0.2, 0.25) is 15.9 Å². The Balaban J connectivity index is 1.66. The van der Waals surface area contributed by atoms with E-state index in [2.05, 4.69) is 9.71 Å². The summed E-state index contributed by atoms with van der Waals surface area (Å²) in [7, 11) is -3.94. The highest BCUT2D eigenvalue weighted by atomic mass is 35.5. The van der Waals surface area contributed by atoms with E-state index >= 15 is 0 Å². The van der Waals surface area contributed by atoms with Crippen LogP contribution in [0.15, 0.2) is 59.5 Å². The number of carbonyl (C=O) groups excluding carboxylic acids is 1. The van der Waals surface area contributed by atoms with Gasteiger partial charge in [-0.3, -0.25) is 9.78 Å². The first-order chi connectivity index (χ1) is 13.9. The average molecular weight is 430 g/mol. The lowest BCUT2D eigenvalue weighted by atomic mass is 10.0. The molecule has 4 rings (SSSR count). The Labute approximate surface area is 174 Å². The van der Waals surface area contributed by atoms with Gasteiger partial charge in [0, 0.05) is 17.6 Å². The minimum Gasteiger partial charge on any atom is -0.310 e. The third-order valence-electron chi connectivity index (χ3n) is 4.99. The smallest absolute Gasteiger partial charge is 0.245 e. The number of aromatic nitrogens is 1. The molecule has 150 valence electrons. The van der Waals surface area contributed by atoms with E-state index in [-0.39, 0.29) is 10.8 Å². The molecule has 1 N–H and O–H groups in total. The Bertz CT molecular complexity index is 1200. The summed E-state index contributed by atoms with van der Waals surface area (Å²) in [6, 6.07) is 14.9. The van der Waals surface area contributed by atoms with Crippen molar-refractivity contribution in [3.63, 3.8) is 0 Å². The number of aryl methyl sites for hydroxylation is 1. The number of nitrogens with zero attached hydrogens (tertiary/aromatic N) is 2.